The molecule has 0 saturated heterocycles. The van der Waals surface area contributed by atoms with Gasteiger partial charge in [-0.25, -0.2) is 16.4 Å². The zero-order chi connectivity index (χ0) is 10.2. The third-order valence-electron chi connectivity index (χ3n) is 1.25. The lowest BCUT2D eigenvalue weighted by atomic mass is 10.5. The molecule has 14 heavy (non-hydrogen) atoms. The summed E-state index contributed by atoms with van der Waals surface area (Å²) in [4.78, 5) is 17.7. The van der Waals surface area contributed by atoms with Gasteiger partial charge in [-0.05, 0) is 6.07 Å². The first-order valence-electron chi connectivity index (χ1n) is 3.92. The summed E-state index contributed by atoms with van der Waals surface area (Å²) in [6.45, 7) is 6.62. The van der Waals surface area contributed by atoms with E-state index in [1.54, 1.807) is 12.1 Å². The summed E-state index contributed by atoms with van der Waals surface area (Å²) < 4.78 is 9.26. The molecule has 0 bridgehead atoms. The summed E-state index contributed by atoms with van der Waals surface area (Å²) in [5.41, 5.74) is 0. The zero-order valence-corrected chi connectivity index (χ0v) is 7.34. The van der Waals surface area contributed by atoms with Crippen LogP contribution in [-0.4, -0.2) is 24.3 Å². The van der Waals surface area contributed by atoms with E-state index < -0.39 is 6.16 Å². The van der Waals surface area contributed by atoms with Crippen LogP contribution >= 0.6 is 0 Å². The van der Waals surface area contributed by atoms with Gasteiger partial charge < -0.3 is 14.3 Å². The molecule has 0 aliphatic carbocycles. The molecule has 5 nitrogen and oxygen atoms in total. The number of hydrogen-bond acceptors (Lipinski definition) is 4. The SMILES string of the molecule is [C-]#[N+]CCOC(=O)Oc1ccccn1. The molecule has 0 fully saturated rings. The van der Waals surface area contributed by atoms with Crippen LogP contribution in [0.15, 0.2) is 24.4 Å². The predicted molar refractivity (Wildman–Crippen MR) is 47.7 cm³/mol. The highest BCUT2D eigenvalue weighted by atomic mass is 16.7. The molecule has 1 aromatic heterocycles. The van der Waals surface area contributed by atoms with Gasteiger partial charge in [0.25, 0.3) is 0 Å². The normalized spacial score (nSPS) is 8.79. The van der Waals surface area contributed by atoms with Gasteiger partial charge in [-0.3, -0.25) is 0 Å². The Morgan fingerprint density at radius 2 is 2.43 bits per heavy atom. The summed E-state index contributed by atoms with van der Waals surface area (Å²) in [6.07, 6.45) is 0.661. The number of carbonyl (C=O) groups excluding carboxylic acids is 1. The molecule has 5 heteroatoms. The summed E-state index contributed by atoms with van der Waals surface area (Å²) >= 11 is 0. The fraction of sp³-hybridized carbons (Fsp3) is 0.222. The van der Waals surface area contributed by atoms with E-state index in [4.69, 9.17) is 6.57 Å². The van der Waals surface area contributed by atoms with Gasteiger partial charge >= 0.3 is 6.16 Å². The van der Waals surface area contributed by atoms with Crippen molar-refractivity contribution >= 4 is 6.16 Å². The second kappa shape index (κ2) is 5.54. The standard InChI is InChI=1S/C9H8N2O3/c1-10-6-7-13-9(12)14-8-4-2-3-5-11-8/h2-5H,6-7H2. The van der Waals surface area contributed by atoms with Gasteiger partial charge in [-0.15, -0.1) is 0 Å². The Morgan fingerprint density at radius 3 is 3.07 bits per heavy atom. The molecule has 0 atom stereocenters. The molecule has 0 radical (unpaired) electrons. The fourth-order valence-electron chi connectivity index (χ4n) is 0.697. The van der Waals surface area contributed by atoms with E-state index in [0.717, 1.165) is 0 Å². The maximum Gasteiger partial charge on any atom is 0.515 e. The molecule has 0 aromatic carbocycles. The van der Waals surface area contributed by atoms with Crippen molar-refractivity contribution < 1.29 is 14.3 Å². The summed E-state index contributed by atoms with van der Waals surface area (Å²) in [5, 5.41) is 0. The van der Waals surface area contributed by atoms with Crippen molar-refractivity contribution in [2.45, 2.75) is 0 Å². The minimum absolute atomic E-state index is 0.0369. The molecule has 0 unspecified atom stereocenters. The molecule has 1 heterocycles. The van der Waals surface area contributed by atoms with E-state index in [1.807, 2.05) is 0 Å². The van der Waals surface area contributed by atoms with E-state index in [2.05, 4.69) is 19.3 Å². The van der Waals surface area contributed by atoms with E-state index in [0.29, 0.717) is 0 Å². The number of nitrogens with zero attached hydrogens (tertiary/aromatic N) is 2. The van der Waals surface area contributed by atoms with Gasteiger partial charge in [0.05, 0.1) is 0 Å². The van der Waals surface area contributed by atoms with Gasteiger partial charge in [0.15, 0.2) is 6.61 Å². The zero-order valence-electron chi connectivity index (χ0n) is 7.34. The number of aromatic nitrogens is 1. The average Bonchev–Trinajstić information content (AvgIpc) is 2.20. The van der Waals surface area contributed by atoms with Crippen LogP contribution in [-0.2, 0) is 4.74 Å². The van der Waals surface area contributed by atoms with Crippen molar-refractivity contribution in [3.63, 3.8) is 0 Å². The highest BCUT2D eigenvalue weighted by Crippen LogP contribution is 2.03. The molecule has 1 rings (SSSR count). The predicted octanol–water partition coefficient (Wildman–Crippen LogP) is 1.52. The number of hydrogen-bond donors (Lipinski definition) is 0. The summed E-state index contributed by atoms with van der Waals surface area (Å²) in [5.74, 6) is 0.181. The Kier molecular flexibility index (Phi) is 3.95. The molecular weight excluding hydrogens is 184 g/mol. The van der Waals surface area contributed by atoms with E-state index >= 15 is 0 Å². The molecule has 0 aliphatic rings. The maximum absolute atomic E-state index is 10.9. The molecule has 1 aromatic rings. The van der Waals surface area contributed by atoms with E-state index in [-0.39, 0.29) is 19.0 Å². The Hall–Kier alpha value is -2.09. The van der Waals surface area contributed by atoms with Crippen molar-refractivity contribution in [2.24, 2.45) is 0 Å². The number of carbonyl (C=O) groups is 1. The lowest BCUT2D eigenvalue weighted by Gasteiger charge is -2.01. The van der Waals surface area contributed by atoms with Crippen LogP contribution in [0.4, 0.5) is 4.79 Å². The third-order valence-corrected chi connectivity index (χ3v) is 1.25. The molecule has 0 saturated carbocycles. The Morgan fingerprint density at radius 1 is 1.57 bits per heavy atom. The van der Waals surface area contributed by atoms with Crippen LogP contribution < -0.4 is 4.74 Å². The van der Waals surface area contributed by atoms with Crippen LogP contribution in [0.1, 0.15) is 0 Å². The van der Waals surface area contributed by atoms with Gasteiger partial charge in [0.1, 0.15) is 0 Å². The lowest BCUT2D eigenvalue weighted by Crippen LogP contribution is -2.12. The highest BCUT2D eigenvalue weighted by molar-refractivity contribution is 5.62. The van der Waals surface area contributed by atoms with Gasteiger partial charge in [-0.1, -0.05) is 6.07 Å². The largest absolute Gasteiger partial charge is 0.515 e. The fourth-order valence-corrected chi connectivity index (χ4v) is 0.697. The number of rotatable bonds is 3. The van der Waals surface area contributed by atoms with Crippen molar-refractivity contribution in [3.8, 4) is 5.88 Å². The molecule has 0 N–H and O–H groups in total. The van der Waals surface area contributed by atoms with Gasteiger partial charge in [-0.2, -0.15) is 0 Å². The van der Waals surface area contributed by atoms with Crippen LogP contribution in [0.5, 0.6) is 5.88 Å². The first-order chi connectivity index (χ1) is 6.83. The number of pyridine rings is 1. The van der Waals surface area contributed by atoms with Crippen LogP contribution in [0.2, 0.25) is 0 Å². The molecule has 0 spiro atoms. The van der Waals surface area contributed by atoms with Crippen LogP contribution in [0.3, 0.4) is 0 Å². The Labute approximate surface area is 81.1 Å². The molecule has 0 amide bonds. The van der Waals surface area contributed by atoms with E-state index in [9.17, 15) is 4.79 Å². The number of ether oxygens (including phenoxy) is 2. The smallest absolute Gasteiger partial charge is 0.426 e. The van der Waals surface area contributed by atoms with Gasteiger partial charge in [0, 0.05) is 12.3 Å². The molecule has 72 valence electrons. The van der Waals surface area contributed by atoms with Crippen molar-refractivity contribution in [1.82, 2.24) is 4.98 Å². The summed E-state index contributed by atoms with van der Waals surface area (Å²) in [6, 6.07) is 4.93. The molecule has 0 aliphatic heterocycles. The lowest BCUT2D eigenvalue weighted by molar-refractivity contribution is 0.102. The minimum atomic E-state index is -0.840. The first-order valence-corrected chi connectivity index (χ1v) is 3.92. The van der Waals surface area contributed by atoms with E-state index in [1.165, 1.54) is 12.3 Å². The monoisotopic (exact) mass is 192 g/mol. The summed E-state index contributed by atoms with van der Waals surface area (Å²) in [7, 11) is 0. The Balaban J connectivity index is 2.32. The van der Waals surface area contributed by atoms with Gasteiger partial charge in [0.2, 0.25) is 12.4 Å². The second-order valence-corrected chi connectivity index (χ2v) is 2.25. The van der Waals surface area contributed by atoms with Crippen LogP contribution in [0, 0.1) is 6.57 Å². The maximum atomic E-state index is 10.9. The van der Waals surface area contributed by atoms with Crippen LogP contribution in [0.25, 0.3) is 4.85 Å². The quantitative estimate of drug-likeness (QED) is 0.414. The first kappa shape index (κ1) is 9.99. The van der Waals surface area contributed by atoms with Crippen molar-refractivity contribution in [2.75, 3.05) is 13.2 Å². The molecular formula is C9H8N2O3. The highest BCUT2D eigenvalue weighted by Gasteiger charge is 2.06. The van der Waals surface area contributed by atoms with Crippen molar-refractivity contribution in [1.29, 1.82) is 0 Å². The third kappa shape index (κ3) is 3.54. The minimum Gasteiger partial charge on any atom is -0.426 e. The van der Waals surface area contributed by atoms with Crippen molar-refractivity contribution in [3.05, 3.63) is 35.8 Å². The topological polar surface area (TPSA) is 52.8 Å². The Bertz CT molecular complexity index is 332. The average molecular weight is 192 g/mol. The second-order valence-electron chi connectivity index (χ2n) is 2.25.